The van der Waals surface area contributed by atoms with Crippen LogP contribution in [0.2, 0.25) is 0 Å². The first-order valence-electron chi connectivity index (χ1n) is 13.8. The second kappa shape index (κ2) is 13.0. The van der Waals surface area contributed by atoms with Crippen molar-refractivity contribution in [3.8, 4) is 5.75 Å². The van der Waals surface area contributed by atoms with Crippen LogP contribution in [0.15, 0.2) is 42.5 Å². The van der Waals surface area contributed by atoms with Crippen molar-refractivity contribution < 1.29 is 24.2 Å². The fraction of sp³-hybridized carbons (Fsp3) is 0.516. The van der Waals surface area contributed by atoms with Gasteiger partial charge >= 0.3 is 6.09 Å². The molecule has 3 amide bonds. The molecule has 1 saturated carbocycles. The third-order valence-electron chi connectivity index (χ3n) is 6.48. The molecule has 8 nitrogen and oxygen atoms in total. The van der Waals surface area contributed by atoms with Gasteiger partial charge in [0.2, 0.25) is 11.8 Å². The number of rotatable bonds is 11. The van der Waals surface area contributed by atoms with Gasteiger partial charge in [0.1, 0.15) is 23.4 Å². The lowest BCUT2D eigenvalue weighted by molar-refractivity contribution is -0.143. The number of phenolic OH excluding ortho intramolecular Hbond substituents is 1. The van der Waals surface area contributed by atoms with E-state index < -0.39 is 23.8 Å². The van der Waals surface area contributed by atoms with E-state index in [0.717, 1.165) is 47.9 Å². The minimum atomic E-state index is -0.971. The van der Waals surface area contributed by atoms with Crippen molar-refractivity contribution in [3.63, 3.8) is 0 Å². The number of amides is 3. The summed E-state index contributed by atoms with van der Waals surface area (Å²) in [6.07, 6.45) is 2.83. The Kier molecular flexibility index (Phi) is 10.0. The largest absolute Gasteiger partial charge is 0.508 e. The first-order chi connectivity index (χ1) is 18.4. The summed E-state index contributed by atoms with van der Waals surface area (Å²) >= 11 is 0. The number of carbonyl (C=O) groups is 3. The SMILES string of the molecule is CCCCNC(=O)C(c1cc(C)cc(C)c1)N(C(=O)C(Cc1ccc(O)cc1)NC(=O)OC(C)(C)C)C1CC1. The molecule has 3 rings (SSSR count). The number of alkyl carbamates (subject to hydrolysis) is 1. The third-order valence-corrected chi connectivity index (χ3v) is 6.48. The van der Waals surface area contributed by atoms with Gasteiger partial charge < -0.3 is 25.4 Å². The van der Waals surface area contributed by atoms with E-state index in [2.05, 4.69) is 17.6 Å². The van der Waals surface area contributed by atoms with Gasteiger partial charge in [0.25, 0.3) is 0 Å². The Morgan fingerprint density at radius 1 is 1.05 bits per heavy atom. The normalized spacial score (nSPS) is 14.7. The Bertz CT molecular complexity index is 1130. The average Bonchev–Trinajstić information content (AvgIpc) is 3.66. The van der Waals surface area contributed by atoms with Crippen LogP contribution in [-0.2, 0) is 20.7 Å². The van der Waals surface area contributed by atoms with Crippen LogP contribution in [0, 0.1) is 13.8 Å². The molecule has 212 valence electrons. The number of aryl methyl sites for hydroxylation is 2. The number of ether oxygens (including phenoxy) is 1. The van der Waals surface area contributed by atoms with Crippen LogP contribution in [0.25, 0.3) is 0 Å². The van der Waals surface area contributed by atoms with E-state index in [4.69, 9.17) is 4.74 Å². The predicted molar refractivity (Wildman–Crippen MR) is 151 cm³/mol. The second-order valence-electron chi connectivity index (χ2n) is 11.5. The number of phenols is 1. The van der Waals surface area contributed by atoms with Crippen molar-refractivity contribution in [1.29, 1.82) is 0 Å². The number of aromatic hydroxyl groups is 1. The van der Waals surface area contributed by atoms with Gasteiger partial charge in [0, 0.05) is 19.0 Å². The average molecular weight is 538 g/mol. The van der Waals surface area contributed by atoms with Crippen LogP contribution in [0.1, 0.15) is 81.7 Å². The molecule has 0 aromatic heterocycles. The molecule has 1 aliphatic carbocycles. The quantitative estimate of drug-likeness (QED) is 0.346. The minimum Gasteiger partial charge on any atom is -0.508 e. The number of benzene rings is 2. The number of unbranched alkanes of at least 4 members (excludes halogenated alkanes) is 1. The Hall–Kier alpha value is -3.55. The molecule has 1 aliphatic rings. The summed E-state index contributed by atoms with van der Waals surface area (Å²) in [5.74, 6) is -0.458. The molecule has 0 bridgehead atoms. The zero-order valence-corrected chi connectivity index (χ0v) is 24.0. The van der Waals surface area contributed by atoms with E-state index in [1.165, 1.54) is 0 Å². The van der Waals surface area contributed by atoms with E-state index in [9.17, 15) is 19.5 Å². The molecule has 2 aromatic carbocycles. The lowest BCUT2D eigenvalue weighted by atomic mass is 9.97. The van der Waals surface area contributed by atoms with Crippen LogP contribution in [0.5, 0.6) is 5.75 Å². The molecule has 2 atom stereocenters. The first-order valence-corrected chi connectivity index (χ1v) is 13.8. The molecule has 0 radical (unpaired) electrons. The smallest absolute Gasteiger partial charge is 0.408 e. The van der Waals surface area contributed by atoms with Crippen molar-refractivity contribution in [1.82, 2.24) is 15.5 Å². The maximum atomic E-state index is 14.3. The van der Waals surface area contributed by atoms with Gasteiger partial charge in [-0.05, 0) is 77.1 Å². The standard InChI is InChI=1S/C31H43N3O5/c1-7-8-15-32-28(36)27(23-17-20(2)16-21(3)18-23)34(24-11-12-24)29(37)26(33-30(38)39-31(4,5)6)19-22-9-13-25(35)14-10-22/h9-10,13-14,16-18,24,26-27,35H,7-8,11-12,15,19H2,1-6H3,(H,32,36)(H,33,38). The highest BCUT2D eigenvalue weighted by Crippen LogP contribution is 2.36. The topological polar surface area (TPSA) is 108 Å². The number of carbonyl (C=O) groups excluding carboxylic acids is 3. The van der Waals surface area contributed by atoms with Crippen molar-refractivity contribution >= 4 is 17.9 Å². The van der Waals surface area contributed by atoms with Crippen molar-refractivity contribution in [2.45, 2.75) is 97.4 Å². The summed E-state index contributed by atoms with van der Waals surface area (Å²) in [4.78, 5) is 42.5. The van der Waals surface area contributed by atoms with Crippen LogP contribution >= 0.6 is 0 Å². The molecule has 0 saturated heterocycles. The summed E-state index contributed by atoms with van der Waals surface area (Å²) in [5.41, 5.74) is 2.78. The van der Waals surface area contributed by atoms with Crippen molar-refractivity contribution in [2.75, 3.05) is 6.54 Å². The van der Waals surface area contributed by atoms with E-state index in [0.29, 0.717) is 6.54 Å². The van der Waals surface area contributed by atoms with E-state index >= 15 is 0 Å². The third kappa shape index (κ3) is 9.01. The molecule has 0 aliphatic heterocycles. The van der Waals surface area contributed by atoms with Gasteiger partial charge in [-0.2, -0.15) is 0 Å². The van der Waals surface area contributed by atoms with Gasteiger partial charge in [-0.3, -0.25) is 9.59 Å². The lowest BCUT2D eigenvalue weighted by Crippen LogP contribution is -2.54. The number of hydrogen-bond acceptors (Lipinski definition) is 5. The molecular weight excluding hydrogens is 494 g/mol. The van der Waals surface area contributed by atoms with E-state index in [-0.39, 0.29) is 30.0 Å². The highest BCUT2D eigenvalue weighted by Gasteiger charge is 2.44. The van der Waals surface area contributed by atoms with Crippen LogP contribution in [0.4, 0.5) is 4.79 Å². The fourth-order valence-corrected chi connectivity index (χ4v) is 4.66. The fourth-order valence-electron chi connectivity index (χ4n) is 4.66. The molecule has 0 heterocycles. The molecular formula is C31H43N3O5. The van der Waals surface area contributed by atoms with Crippen molar-refractivity contribution in [2.24, 2.45) is 0 Å². The number of nitrogens with zero attached hydrogens (tertiary/aromatic N) is 1. The zero-order valence-electron chi connectivity index (χ0n) is 24.0. The van der Waals surface area contributed by atoms with Crippen LogP contribution in [-0.4, -0.2) is 52.1 Å². The van der Waals surface area contributed by atoms with Gasteiger partial charge in [-0.15, -0.1) is 0 Å². The van der Waals surface area contributed by atoms with Gasteiger partial charge in [-0.25, -0.2) is 4.79 Å². The number of hydrogen-bond donors (Lipinski definition) is 3. The molecule has 39 heavy (non-hydrogen) atoms. The predicted octanol–water partition coefficient (Wildman–Crippen LogP) is 5.09. The van der Waals surface area contributed by atoms with E-state index in [1.807, 2.05) is 32.0 Å². The Morgan fingerprint density at radius 3 is 2.21 bits per heavy atom. The summed E-state index contributed by atoms with van der Waals surface area (Å²) in [5, 5.41) is 15.5. The maximum absolute atomic E-state index is 14.3. The van der Waals surface area contributed by atoms with Crippen LogP contribution < -0.4 is 10.6 Å². The Labute approximate surface area is 232 Å². The molecule has 0 spiro atoms. The summed E-state index contributed by atoms with van der Waals surface area (Å²) in [7, 11) is 0. The maximum Gasteiger partial charge on any atom is 0.408 e. The Balaban J connectivity index is 2.01. The monoisotopic (exact) mass is 537 g/mol. The second-order valence-corrected chi connectivity index (χ2v) is 11.5. The molecule has 8 heteroatoms. The Morgan fingerprint density at radius 2 is 1.67 bits per heavy atom. The first kappa shape index (κ1) is 30.0. The van der Waals surface area contributed by atoms with Gasteiger partial charge in [-0.1, -0.05) is 54.8 Å². The van der Waals surface area contributed by atoms with Crippen LogP contribution in [0.3, 0.4) is 0 Å². The highest BCUT2D eigenvalue weighted by molar-refractivity contribution is 5.92. The van der Waals surface area contributed by atoms with E-state index in [1.54, 1.807) is 49.9 Å². The molecule has 3 N–H and O–H groups in total. The number of nitrogens with one attached hydrogen (secondary N) is 2. The molecule has 2 unspecified atom stereocenters. The highest BCUT2D eigenvalue weighted by atomic mass is 16.6. The zero-order chi connectivity index (χ0) is 28.7. The molecule has 2 aromatic rings. The van der Waals surface area contributed by atoms with Gasteiger partial charge in [0.15, 0.2) is 0 Å². The summed E-state index contributed by atoms with van der Waals surface area (Å²) in [6, 6.07) is 10.6. The summed E-state index contributed by atoms with van der Waals surface area (Å²) in [6.45, 7) is 11.8. The minimum absolute atomic E-state index is 0.108. The van der Waals surface area contributed by atoms with Gasteiger partial charge in [0.05, 0.1) is 0 Å². The molecule has 1 fully saturated rings. The van der Waals surface area contributed by atoms with Crippen molar-refractivity contribution in [3.05, 3.63) is 64.7 Å². The lowest BCUT2D eigenvalue weighted by Gasteiger charge is -2.35. The summed E-state index contributed by atoms with van der Waals surface area (Å²) < 4.78 is 5.48.